The van der Waals surface area contributed by atoms with Gasteiger partial charge in [0.25, 0.3) is 0 Å². The normalized spacial score (nSPS) is 16.1. The van der Waals surface area contributed by atoms with Crippen LogP contribution in [0, 0.1) is 5.82 Å². The average molecular weight is 286 g/mol. The van der Waals surface area contributed by atoms with Gasteiger partial charge in [0, 0.05) is 16.9 Å². The first kappa shape index (κ1) is 13.9. The van der Waals surface area contributed by atoms with Gasteiger partial charge < -0.3 is 15.5 Å². The van der Waals surface area contributed by atoms with Gasteiger partial charge in [-0.05, 0) is 36.4 Å². The predicted octanol–water partition coefficient (Wildman–Crippen LogP) is 1.31. The molecule has 0 radical (unpaired) electrons. The highest BCUT2D eigenvalue weighted by molar-refractivity contribution is 5.53. The zero-order chi connectivity index (χ0) is 14.7. The van der Waals surface area contributed by atoms with Crippen LogP contribution < -0.4 is 15.5 Å². The zero-order valence-corrected chi connectivity index (χ0v) is 12.1. The largest absolute Gasteiger partial charge is 0.399 e. The molecule has 0 unspecified atom stereocenters. The molecule has 0 atom stereocenters. The number of quaternary nitrogens is 1. The van der Waals surface area contributed by atoms with Gasteiger partial charge in [-0.3, -0.25) is 0 Å². The van der Waals surface area contributed by atoms with Crippen LogP contribution in [0.1, 0.15) is 5.56 Å². The molecular formula is C17H21FN3+. The predicted molar refractivity (Wildman–Crippen MR) is 83.9 cm³/mol. The van der Waals surface area contributed by atoms with Gasteiger partial charge in [0.1, 0.15) is 12.4 Å². The second-order valence-electron chi connectivity index (χ2n) is 5.64. The number of anilines is 2. The molecule has 2 aromatic rings. The summed E-state index contributed by atoms with van der Waals surface area (Å²) < 4.78 is 13.2. The highest BCUT2D eigenvalue weighted by Crippen LogP contribution is 2.16. The summed E-state index contributed by atoms with van der Waals surface area (Å²) in [6, 6.07) is 15.0. The number of hydrogen-bond donors (Lipinski definition) is 2. The lowest BCUT2D eigenvalue weighted by Gasteiger charge is -2.33. The Labute approximate surface area is 124 Å². The van der Waals surface area contributed by atoms with Crippen LogP contribution in [-0.4, -0.2) is 26.2 Å². The summed E-state index contributed by atoms with van der Waals surface area (Å²) in [5, 5.41) is 0. The van der Waals surface area contributed by atoms with Crippen LogP contribution >= 0.6 is 0 Å². The van der Waals surface area contributed by atoms with Crippen LogP contribution in [-0.2, 0) is 6.54 Å². The van der Waals surface area contributed by atoms with Gasteiger partial charge in [-0.15, -0.1) is 0 Å². The maximum Gasteiger partial charge on any atom is 0.123 e. The minimum atomic E-state index is -0.146. The van der Waals surface area contributed by atoms with Crippen molar-refractivity contribution in [2.45, 2.75) is 6.54 Å². The summed E-state index contributed by atoms with van der Waals surface area (Å²) in [6.07, 6.45) is 0. The van der Waals surface area contributed by atoms with Crippen molar-refractivity contribution in [1.29, 1.82) is 0 Å². The van der Waals surface area contributed by atoms with Crippen LogP contribution in [0.25, 0.3) is 0 Å². The van der Waals surface area contributed by atoms with Crippen LogP contribution in [0.5, 0.6) is 0 Å². The molecule has 3 nitrogen and oxygen atoms in total. The minimum absolute atomic E-state index is 0.146. The SMILES string of the molecule is Nc1ccc(N2CC[NH+](Cc3cccc(F)c3)CC2)cc1. The number of benzene rings is 2. The van der Waals surface area contributed by atoms with E-state index in [4.69, 9.17) is 5.73 Å². The molecule has 0 bridgehead atoms. The summed E-state index contributed by atoms with van der Waals surface area (Å²) in [4.78, 5) is 3.89. The fourth-order valence-corrected chi connectivity index (χ4v) is 2.88. The van der Waals surface area contributed by atoms with E-state index in [-0.39, 0.29) is 5.82 Å². The molecule has 0 aliphatic carbocycles. The maximum absolute atomic E-state index is 13.2. The summed E-state index contributed by atoms with van der Waals surface area (Å²) in [7, 11) is 0. The Kier molecular flexibility index (Phi) is 4.06. The van der Waals surface area contributed by atoms with E-state index >= 15 is 0 Å². The van der Waals surface area contributed by atoms with Crippen molar-refractivity contribution in [3.05, 3.63) is 59.9 Å². The van der Waals surface area contributed by atoms with Gasteiger partial charge in [0.2, 0.25) is 0 Å². The number of nitrogen functional groups attached to an aromatic ring is 1. The van der Waals surface area contributed by atoms with Crippen molar-refractivity contribution >= 4 is 11.4 Å². The second kappa shape index (κ2) is 6.14. The van der Waals surface area contributed by atoms with Crippen molar-refractivity contribution in [3.63, 3.8) is 0 Å². The number of nitrogens with zero attached hydrogens (tertiary/aromatic N) is 1. The van der Waals surface area contributed by atoms with E-state index in [0.29, 0.717) is 0 Å². The molecule has 0 spiro atoms. The Bertz CT molecular complexity index is 589. The summed E-state index contributed by atoms with van der Waals surface area (Å²) in [5.74, 6) is -0.146. The van der Waals surface area contributed by atoms with Crippen molar-refractivity contribution in [3.8, 4) is 0 Å². The molecule has 1 fully saturated rings. The molecule has 3 rings (SSSR count). The molecule has 3 N–H and O–H groups in total. The number of nitrogens with two attached hydrogens (primary N) is 1. The van der Waals surface area contributed by atoms with Crippen LogP contribution in [0.2, 0.25) is 0 Å². The molecule has 21 heavy (non-hydrogen) atoms. The van der Waals surface area contributed by atoms with Crippen LogP contribution in [0.3, 0.4) is 0 Å². The molecule has 1 aliphatic heterocycles. The number of rotatable bonds is 3. The monoisotopic (exact) mass is 286 g/mol. The Hall–Kier alpha value is -2.07. The third-order valence-electron chi connectivity index (χ3n) is 4.07. The molecule has 4 heteroatoms. The number of nitrogens with one attached hydrogen (secondary N) is 1. The van der Waals surface area contributed by atoms with Crippen molar-refractivity contribution in [1.82, 2.24) is 0 Å². The fraction of sp³-hybridized carbons (Fsp3) is 0.294. The lowest BCUT2D eigenvalue weighted by atomic mass is 10.2. The topological polar surface area (TPSA) is 33.7 Å². The van der Waals surface area contributed by atoms with E-state index in [1.54, 1.807) is 12.1 Å². The first-order valence-corrected chi connectivity index (χ1v) is 7.39. The van der Waals surface area contributed by atoms with Gasteiger partial charge in [-0.25, -0.2) is 4.39 Å². The molecule has 110 valence electrons. The van der Waals surface area contributed by atoms with Gasteiger partial charge in [0.05, 0.1) is 26.2 Å². The highest BCUT2D eigenvalue weighted by Gasteiger charge is 2.20. The zero-order valence-electron chi connectivity index (χ0n) is 12.1. The van der Waals surface area contributed by atoms with Gasteiger partial charge in [0.15, 0.2) is 0 Å². The fourth-order valence-electron chi connectivity index (χ4n) is 2.88. The molecule has 1 heterocycles. The van der Waals surface area contributed by atoms with E-state index < -0.39 is 0 Å². The Morgan fingerprint density at radius 1 is 1.05 bits per heavy atom. The lowest BCUT2D eigenvalue weighted by molar-refractivity contribution is -0.914. The smallest absolute Gasteiger partial charge is 0.123 e. The quantitative estimate of drug-likeness (QED) is 0.834. The summed E-state index contributed by atoms with van der Waals surface area (Å²) in [6.45, 7) is 5.08. The summed E-state index contributed by atoms with van der Waals surface area (Å²) >= 11 is 0. The lowest BCUT2D eigenvalue weighted by Crippen LogP contribution is -3.13. The Morgan fingerprint density at radius 3 is 2.43 bits per heavy atom. The molecule has 1 aliphatic rings. The van der Waals surface area contributed by atoms with Crippen LogP contribution in [0.4, 0.5) is 15.8 Å². The number of piperazine rings is 1. The molecule has 1 saturated heterocycles. The first-order valence-electron chi connectivity index (χ1n) is 7.39. The molecule has 0 amide bonds. The highest BCUT2D eigenvalue weighted by atomic mass is 19.1. The summed E-state index contributed by atoms with van der Waals surface area (Å²) in [5.41, 5.74) is 8.83. The number of halogens is 1. The third-order valence-corrected chi connectivity index (χ3v) is 4.07. The Balaban J connectivity index is 1.56. The van der Waals surface area contributed by atoms with Crippen molar-refractivity contribution in [2.75, 3.05) is 36.8 Å². The van der Waals surface area contributed by atoms with Crippen LogP contribution in [0.15, 0.2) is 48.5 Å². The third kappa shape index (κ3) is 3.52. The van der Waals surface area contributed by atoms with Crippen molar-refractivity contribution in [2.24, 2.45) is 0 Å². The second-order valence-corrected chi connectivity index (χ2v) is 5.64. The van der Waals surface area contributed by atoms with E-state index in [1.165, 1.54) is 16.7 Å². The van der Waals surface area contributed by atoms with Gasteiger partial charge in [-0.1, -0.05) is 12.1 Å². The van der Waals surface area contributed by atoms with Crippen molar-refractivity contribution < 1.29 is 9.29 Å². The number of hydrogen-bond acceptors (Lipinski definition) is 2. The molecular weight excluding hydrogens is 265 g/mol. The molecule has 2 aromatic carbocycles. The van der Waals surface area contributed by atoms with E-state index in [2.05, 4.69) is 17.0 Å². The molecule has 0 aromatic heterocycles. The van der Waals surface area contributed by atoms with Gasteiger partial charge in [-0.2, -0.15) is 0 Å². The van der Waals surface area contributed by atoms with E-state index in [0.717, 1.165) is 44.0 Å². The average Bonchev–Trinajstić information content (AvgIpc) is 2.49. The molecule has 0 saturated carbocycles. The maximum atomic E-state index is 13.2. The van der Waals surface area contributed by atoms with E-state index in [9.17, 15) is 4.39 Å². The van der Waals surface area contributed by atoms with Gasteiger partial charge >= 0.3 is 0 Å². The standard InChI is InChI=1S/C17H20FN3/c18-15-3-1-2-14(12-15)13-20-8-10-21(11-9-20)17-6-4-16(19)5-7-17/h1-7,12H,8-11,13,19H2/p+1. The van der Waals surface area contributed by atoms with E-state index in [1.807, 2.05) is 18.2 Å². The first-order chi connectivity index (χ1) is 10.2. The minimum Gasteiger partial charge on any atom is -0.399 e. The Morgan fingerprint density at radius 2 is 1.76 bits per heavy atom.